The van der Waals surface area contributed by atoms with Crippen molar-refractivity contribution >= 4 is 5.91 Å². The second-order valence-corrected chi connectivity index (χ2v) is 5.64. The van der Waals surface area contributed by atoms with E-state index in [1.807, 2.05) is 0 Å². The van der Waals surface area contributed by atoms with E-state index in [1.54, 1.807) is 32.3 Å². The highest BCUT2D eigenvalue weighted by Gasteiger charge is 2.14. The van der Waals surface area contributed by atoms with E-state index in [0.29, 0.717) is 16.8 Å². The predicted molar refractivity (Wildman–Crippen MR) is 90.3 cm³/mol. The average molecular weight is 375 g/mol. The molecule has 0 radical (unpaired) electrons. The summed E-state index contributed by atoms with van der Waals surface area (Å²) in [6, 6.07) is 6.24. The molecule has 0 bridgehead atoms. The maximum absolute atomic E-state index is 12.2. The Hall–Kier alpha value is -3.43. The van der Waals surface area contributed by atoms with E-state index in [-0.39, 0.29) is 23.5 Å². The normalized spacial score (nSPS) is 10.9. The van der Waals surface area contributed by atoms with Gasteiger partial charge in [0.25, 0.3) is 18.2 Å². The van der Waals surface area contributed by atoms with Gasteiger partial charge < -0.3 is 14.2 Å². The lowest BCUT2D eigenvalue weighted by Crippen LogP contribution is -2.22. The van der Waals surface area contributed by atoms with Crippen LogP contribution in [0, 0.1) is 0 Å². The van der Waals surface area contributed by atoms with E-state index in [2.05, 4.69) is 20.1 Å². The minimum atomic E-state index is -2.60. The number of ether oxygens (including phenoxy) is 1. The third-order valence-corrected chi connectivity index (χ3v) is 3.41. The molecule has 3 heterocycles. The van der Waals surface area contributed by atoms with Crippen molar-refractivity contribution < 1.29 is 22.8 Å². The Morgan fingerprint density at radius 3 is 2.70 bits per heavy atom. The Bertz CT molecular complexity index is 928. The van der Waals surface area contributed by atoms with Crippen molar-refractivity contribution in [2.75, 3.05) is 20.7 Å². The highest BCUT2D eigenvalue weighted by atomic mass is 19.3. The molecule has 0 unspecified atom stereocenters. The van der Waals surface area contributed by atoms with Crippen LogP contribution in [0.4, 0.5) is 8.78 Å². The fourth-order valence-electron chi connectivity index (χ4n) is 2.11. The molecule has 0 saturated heterocycles. The first-order chi connectivity index (χ1) is 12.9. The fourth-order valence-corrected chi connectivity index (χ4v) is 2.11. The van der Waals surface area contributed by atoms with Gasteiger partial charge in [0, 0.05) is 43.7 Å². The largest absolute Gasteiger partial charge is 0.472 e. The van der Waals surface area contributed by atoms with Crippen LogP contribution < -0.4 is 4.74 Å². The number of alkyl halides is 2. The summed E-state index contributed by atoms with van der Waals surface area (Å²) in [7, 11) is 3.27. The zero-order valence-corrected chi connectivity index (χ0v) is 14.5. The standard InChI is InChI=1S/C17H15F2N5O3/c1-24(2)17(25)12-4-3-11(8-21-12)15-22-16(27-23-15)10-5-6-20-14(7-10)26-9-13(18)19/h3-8,13H,9H2,1-2H3. The van der Waals surface area contributed by atoms with E-state index >= 15 is 0 Å². The highest BCUT2D eigenvalue weighted by Crippen LogP contribution is 2.24. The van der Waals surface area contributed by atoms with Gasteiger partial charge >= 0.3 is 0 Å². The monoisotopic (exact) mass is 375 g/mol. The van der Waals surface area contributed by atoms with Crippen LogP contribution in [-0.4, -0.2) is 58.0 Å². The minimum Gasteiger partial charge on any atom is -0.472 e. The van der Waals surface area contributed by atoms with E-state index in [0.717, 1.165) is 0 Å². The minimum absolute atomic E-state index is 0.0285. The van der Waals surface area contributed by atoms with Gasteiger partial charge in [0.15, 0.2) is 6.61 Å². The number of pyridine rings is 2. The summed E-state index contributed by atoms with van der Waals surface area (Å²) in [6.07, 6.45) is 0.263. The van der Waals surface area contributed by atoms with Gasteiger partial charge in [-0.05, 0) is 18.2 Å². The van der Waals surface area contributed by atoms with Crippen molar-refractivity contribution in [1.82, 2.24) is 25.0 Å². The number of carbonyl (C=O) groups is 1. The molecule has 0 spiro atoms. The van der Waals surface area contributed by atoms with Crippen molar-refractivity contribution in [3.05, 3.63) is 42.4 Å². The Morgan fingerprint density at radius 2 is 2.04 bits per heavy atom. The van der Waals surface area contributed by atoms with Crippen molar-refractivity contribution in [2.24, 2.45) is 0 Å². The average Bonchev–Trinajstić information content (AvgIpc) is 3.16. The maximum Gasteiger partial charge on any atom is 0.272 e. The van der Waals surface area contributed by atoms with Gasteiger partial charge in [-0.15, -0.1) is 0 Å². The number of hydrogen-bond acceptors (Lipinski definition) is 7. The molecule has 0 fully saturated rings. The number of halogens is 2. The summed E-state index contributed by atoms with van der Waals surface area (Å²) in [6.45, 7) is -0.755. The van der Waals surface area contributed by atoms with E-state index in [9.17, 15) is 13.6 Å². The van der Waals surface area contributed by atoms with Crippen molar-refractivity contribution in [2.45, 2.75) is 6.43 Å². The summed E-state index contributed by atoms with van der Waals surface area (Å²) < 4.78 is 34.6. The van der Waals surface area contributed by atoms with E-state index in [4.69, 9.17) is 9.26 Å². The summed E-state index contributed by atoms with van der Waals surface area (Å²) in [5.41, 5.74) is 1.33. The molecule has 0 aliphatic heterocycles. The van der Waals surface area contributed by atoms with Gasteiger partial charge in [-0.2, -0.15) is 4.98 Å². The van der Waals surface area contributed by atoms with Gasteiger partial charge in [-0.25, -0.2) is 13.8 Å². The number of nitrogens with zero attached hydrogens (tertiary/aromatic N) is 5. The highest BCUT2D eigenvalue weighted by molar-refractivity contribution is 5.92. The Morgan fingerprint density at radius 1 is 1.22 bits per heavy atom. The van der Waals surface area contributed by atoms with E-state index < -0.39 is 13.0 Å². The molecule has 0 N–H and O–H groups in total. The van der Waals surface area contributed by atoms with Crippen LogP contribution in [0.2, 0.25) is 0 Å². The predicted octanol–water partition coefficient (Wildman–Crippen LogP) is 2.54. The molecule has 0 saturated carbocycles. The molecular weight excluding hydrogens is 360 g/mol. The van der Waals surface area contributed by atoms with Crippen LogP contribution in [0.15, 0.2) is 41.2 Å². The Kier molecular flexibility index (Phi) is 5.34. The fraction of sp³-hybridized carbons (Fsp3) is 0.235. The number of rotatable bonds is 6. The first-order valence-electron chi connectivity index (χ1n) is 7.83. The molecule has 1 amide bonds. The molecule has 0 aliphatic rings. The Balaban J connectivity index is 1.79. The maximum atomic E-state index is 12.2. The Labute approximate surface area is 152 Å². The molecule has 8 nitrogen and oxygen atoms in total. The SMILES string of the molecule is CN(C)C(=O)c1ccc(-c2noc(-c3ccnc(OCC(F)F)c3)n2)cn1. The molecule has 0 aliphatic carbocycles. The quantitative estimate of drug-likeness (QED) is 0.653. The smallest absolute Gasteiger partial charge is 0.272 e. The number of carbonyl (C=O) groups excluding carboxylic acids is 1. The molecule has 27 heavy (non-hydrogen) atoms. The van der Waals surface area contributed by atoms with Crippen LogP contribution in [-0.2, 0) is 0 Å². The molecular formula is C17H15F2N5O3. The van der Waals surface area contributed by atoms with Crippen molar-refractivity contribution in [3.63, 3.8) is 0 Å². The molecule has 10 heteroatoms. The third-order valence-electron chi connectivity index (χ3n) is 3.41. The lowest BCUT2D eigenvalue weighted by Gasteiger charge is -2.08. The second-order valence-electron chi connectivity index (χ2n) is 5.64. The summed E-state index contributed by atoms with van der Waals surface area (Å²) >= 11 is 0. The molecule has 3 aromatic heterocycles. The number of hydrogen-bond donors (Lipinski definition) is 0. The van der Waals surface area contributed by atoms with Crippen LogP contribution in [0.25, 0.3) is 22.8 Å². The summed E-state index contributed by atoms with van der Waals surface area (Å²) in [5.74, 6) is 0.250. The molecule has 3 aromatic rings. The van der Waals surface area contributed by atoms with Gasteiger partial charge in [-0.1, -0.05) is 5.16 Å². The lowest BCUT2D eigenvalue weighted by molar-refractivity contribution is 0.0795. The first kappa shape index (κ1) is 18.4. The van der Waals surface area contributed by atoms with Crippen LogP contribution in [0.5, 0.6) is 5.88 Å². The van der Waals surface area contributed by atoms with Crippen LogP contribution in [0.3, 0.4) is 0 Å². The second kappa shape index (κ2) is 7.85. The number of amides is 1. The van der Waals surface area contributed by atoms with Crippen molar-refractivity contribution in [1.29, 1.82) is 0 Å². The van der Waals surface area contributed by atoms with Gasteiger partial charge in [0.1, 0.15) is 5.69 Å². The van der Waals surface area contributed by atoms with Crippen molar-refractivity contribution in [3.8, 4) is 28.7 Å². The number of aromatic nitrogens is 4. The third kappa shape index (κ3) is 4.40. The molecule has 3 rings (SSSR count). The van der Waals surface area contributed by atoms with Gasteiger partial charge in [0.05, 0.1) is 0 Å². The summed E-state index contributed by atoms with van der Waals surface area (Å²) in [5, 5.41) is 3.87. The van der Waals surface area contributed by atoms with Gasteiger partial charge in [-0.3, -0.25) is 9.78 Å². The molecule has 0 atom stereocenters. The zero-order valence-electron chi connectivity index (χ0n) is 14.5. The molecule has 140 valence electrons. The van der Waals surface area contributed by atoms with Crippen LogP contribution in [0.1, 0.15) is 10.5 Å². The van der Waals surface area contributed by atoms with E-state index in [1.165, 1.54) is 23.4 Å². The molecule has 0 aromatic carbocycles. The van der Waals surface area contributed by atoms with Gasteiger partial charge in [0.2, 0.25) is 11.7 Å². The first-order valence-corrected chi connectivity index (χ1v) is 7.83. The topological polar surface area (TPSA) is 94.2 Å². The zero-order chi connectivity index (χ0) is 19.4. The summed E-state index contributed by atoms with van der Waals surface area (Å²) in [4.78, 5) is 25.5. The lowest BCUT2D eigenvalue weighted by atomic mass is 10.2. The van der Waals surface area contributed by atoms with Crippen LogP contribution >= 0.6 is 0 Å².